The summed E-state index contributed by atoms with van der Waals surface area (Å²) in [5.41, 5.74) is 3.67. The highest BCUT2D eigenvalue weighted by Crippen LogP contribution is 2.32. The Morgan fingerprint density at radius 3 is 2.63 bits per heavy atom. The van der Waals surface area contributed by atoms with Crippen molar-refractivity contribution in [3.63, 3.8) is 0 Å². The van der Waals surface area contributed by atoms with Crippen LogP contribution in [0.2, 0.25) is 0 Å². The molecule has 0 spiro atoms. The summed E-state index contributed by atoms with van der Waals surface area (Å²) in [6.45, 7) is 2.87. The number of rotatable bonds is 3. The number of amides is 1. The SMILES string of the molecule is Cc1nc(-c2cccc(Br)c2)ccc1C(=O)Nc1ccc2c(c1)OCCO2. The number of nitrogens with zero attached hydrogens (tertiary/aromatic N) is 1. The first-order valence-corrected chi connectivity index (χ1v) is 9.34. The van der Waals surface area contributed by atoms with Gasteiger partial charge < -0.3 is 14.8 Å². The summed E-state index contributed by atoms with van der Waals surface area (Å²) >= 11 is 3.47. The van der Waals surface area contributed by atoms with Gasteiger partial charge in [-0.05, 0) is 43.3 Å². The van der Waals surface area contributed by atoms with Crippen molar-refractivity contribution < 1.29 is 14.3 Å². The molecule has 6 heteroatoms. The zero-order valence-corrected chi connectivity index (χ0v) is 16.2. The lowest BCUT2D eigenvalue weighted by Gasteiger charge is -2.19. The van der Waals surface area contributed by atoms with Crippen LogP contribution in [0.4, 0.5) is 5.69 Å². The van der Waals surface area contributed by atoms with Crippen molar-refractivity contribution in [2.75, 3.05) is 18.5 Å². The lowest BCUT2D eigenvalue weighted by atomic mass is 10.1. The number of carbonyl (C=O) groups excluding carboxylic acids is 1. The van der Waals surface area contributed by atoms with E-state index in [0.29, 0.717) is 41.7 Å². The predicted molar refractivity (Wildman–Crippen MR) is 107 cm³/mol. The van der Waals surface area contributed by atoms with Gasteiger partial charge in [-0.3, -0.25) is 9.78 Å². The first-order chi connectivity index (χ1) is 13.1. The summed E-state index contributed by atoms with van der Waals surface area (Å²) in [7, 11) is 0. The zero-order chi connectivity index (χ0) is 18.8. The summed E-state index contributed by atoms with van der Waals surface area (Å²) in [6.07, 6.45) is 0. The lowest BCUT2D eigenvalue weighted by molar-refractivity contribution is 0.102. The van der Waals surface area contributed by atoms with Crippen molar-refractivity contribution in [3.05, 3.63) is 70.3 Å². The normalized spacial score (nSPS) is 12.5. The molecular formula is C21H17BrN2O3. The van der Waals surface area contributed by atoms with Crippen LogP contribution in [-0.2, 0) is 0 Å². The topological polar surface area (TPSA) is 60.5 Å². The smallest absolute Gasteiger partial charge is 0.257 e. The monoisotopic (exact) mass is 424 g/mol. The molecule has 1 amide bonds. The maximum Gasteiger partial charge on any atom is 0.257 e. The summed E-state index contributed by atoms with van der Waals surface area (Å²) in [5.74, 6) is 1.12. The minimum atomic E-state index is -0.211. The first kappa shape index (κ1) is 17.5. The van der Waals surface area contributed by atoms with Gasteiger partial charge in [0.25, 0.3) is 5.91 Å². The Labute approximate surface area is 165 Å². The number of hydrogen-bond acceptors (Lipinski definition) is 4. The van der Waals surface area contributed by atoms with E-state index in [-0.39, 0.29) is 5.91 Å². The molecule has 4 rings (SSSR count). The average molecular weight is 425 g/mol. The van der Waals surface area contributed by atoms with Crippen LogP contribution in [0.3, 0.4) is 0 Å². The molecule has 0 saturated carbocycles. The van der Waals surface area contributed by atoms with E-state index in [1.54, 1.807) is 24.3 Å². The number of ether oxygens (including phenoxy) is 2. The van der Waals surface area contributed by atoms with Crippen molar-refractivity contribution >= 4 is 27.5 Å². The maximum absolute atomic E-state index is 12.7. The summed E-state index contributed by atoms with van der Waals surface area (Å²) < 4.78 is 12.0. The molecule has 136 valence electrons. The van der Waals surface area contributed by atoms with E-state index in [4.69, 9.17) is 9.47 Å². The number of pyridine rings is 1. The number of carbonyl (C=O) groups is 1. The number of aryl methyl sites for hydroxylation is 1. The van der Waals surface area contributed by atoms with E-state index in [2.05, 4.69) is 26.2 Å². The fourth-order valence-electron chi connectivity index (χ4n) is 2.93. The van der Waals surface area contributed by atoms with Crippen molar-refractivity contribution in [2.24, 2.45) is 0 Å². The molecule has 1 aliphatic rings. The molecule has 3 aromatic rings. The molecule has 1 N–H and O–H groups in total. The Morgan fingerprint density at radius 2 is 1.85 bits per heavy atom. The van der Waals surface area contributed by atoms with E-state index in [9.17, 15) is 4.79 Å². The van der Waals surface area contributed by atoms with Gasteiger partial charge in [-0.2, -0.15) is 0 Å². The standard InChI is InChI=1S/C21H17BrN2O3/c1-13-17(6-7-18(23-13)14-3-2-4-15(22)11-14)21(25)24-16-5-8-19-20(12-16)27-10-9-26-19/h2-8,11-12H,9-10H2,1H3,(H,24,25). The Bertz CT molecular complexity index is 1020. The van der Waals surface area contributed by atoms with Crippen LogP contribution in [0.15, 0.2) is 59.1 Å². The van der Waals surface area contributed by atoms with Crippen molar-refractivity contribution in [3.8, 4) is 22.8 Å². The van der Waals surface area contributed by atoms with Gasteiger partial charge in [-0.15, -0.1) is 0 Å². The molecular weight excluding hydrogens is 408 g/mol. The lowest BCUT2D eigenvalue weighted by Crippen LogP contribution is -2.17. The molecule has 27 heavy (non-hydrogen) atoms. The van der Waals surface area contributed by atoms with E-state index in [1.165, 1.54) is 0 Å². The molecule has 0 radical (unpaired) electrons. The summed E-state index contributed by atoms with van der Waals surface area (Å²) in [4.78, 5) is 17.3. The zero-order valence-electron chi connectivity index (χ0n) is 14.7. The highest BCUT2D eigenvalue weighted by Gasteiger charge is 2.15. The number of benzene rings is 2. The van der Waals surface area contributed by atoms with Crippen LogP contribution in [0.1, 0.15) is 16.1 Å². The second-order valence-corrected chi connectivity index (χ2v) is 7.07. The number of nitrogens with one attached hydrogen (secondary N) is 1. The van der Waals surface area contributed by atoms with Crippen molar-refractivity contribution in [1.29, 1.82) is 0 Å². The first-order valence-electron chi connectivity index (χ1n) is 8.55. The molecule has 0 aliphatic carbocycles. The maximum atomic E-state index is 12.7. The minimum absolute atomic E-state index is 0.211. The Morgan fingerprint density at radius 1 is 1.04 bits per heavy atom. The van der Waals surface area contributed by atoms with Crippen molar-refractivity contribution in [2.45, 2.75) is 6.92 Å². The summed E-state index contributed by atoms with van der Waals surface area (Å²) in [5, 5.41) is 2.90. The van der Waals surface area contributed by atoms with Gasteiger partial charge in [0.2, 0.25) is 0 Å². The molecule has 2 heterocycles. The van der Waals surface area contributed by atoms with Crippen LogP contribution >= 0.6 is 15.9 Å². The largest absolute Gasteiger partial charge is 0.486 e. The molecule has 0 unspecified atom stereocenters. The van der Waals surface area contributed by atoms with Crippen LogP contribution in [0.25, 0.3) is 11.3 Å². The molecule has 1 aromatic heterocycles. The molecule has 0 saturated heterocycles. The van der Waals surface area contributed by atoms with E-state index < -0.39 is 0 Å². The molecule has 2 aromatic carbocycles. The second kappa shape index (κ2) is 7.40. The second-order valence-electron chi connectivity index (χ2n) is 6.15. The molecule has 5 nitrogen and oxygen atoms in total. The Balaban J connectivity index is 1.55. The van der Waals surface area contributed by atoms with Crippen LogP contribution in [0.5, 0.6) is 11.5 Å². The molecule has 0 atom stereocenters. The third-order valence-electron chi connectivity index (χ3n) is 4.25. The Kier molecular flexibility index (Phi) is 4.81. The predicted octanol–water partition coefficient (Wildman–Crippen LogP) is 4.84. The number of fused-ring (bicyclic) bond motifs is 1. The highest BCUT2D eigenvalue weighted by molar-refractivity contribution is 9.10. The fourth-order valence-corrected chi connectivity index (χ4v) is 3.33. The van der Waals surface area contributed by atoms with Crippen molar-refractivity contribution in [1.82, 2.24) is 4.98 Å². The van der Waals surface area contributed by atoms with Gasteiger partial charge in [0, 0.05) is 21.8 Å². The molecule has 1 aliphatic heterocycles. The van der Waals surface area contributed by atoms with E-state index >= 15 is 0 Å². The Hall–Kier alpha value is -2.86. The quantitative estimate of drug-likeness (QED) is 0.652. The number of anilines is 1. The van der Waals surface area contributed by atoms with Gasteiger partial charge in [0.1, 0.15) is 13.2 Å². The van der Waals surface area contributed by atoms with Gasteiger partial charge in [-0.1, -0.05) is 28.1 Å². The van der Waals surface area contributed by atoms with Crippen LogP contribution < -0.4 is 14.8 Å². The fraction of sp³-hybridized carbons (Fsp3) is 0.143. The third kappa shape index (κ3) is 3.80. The number of hydrogen-bond donors (Lipinski definition) is 1. The van der Waals surface area contributed by atoms with Gasteiger partial charge in [0.15, 0.2) is 11.5 Å². The van der Waals surface area contributed by atoms with Gasteiger partial charge in [0.05, 0.1) is 17.0 Å². The summed E-state index contributed by atoms with van der Waals surface area (Å²) in [6, 6.07) is 16.9. The van der Waals surface area contributed by atoms with Gasteiger partial charge >= 0.3 is 0 Å². The minimum Gasteiger partial charge on any atom is -0.486 e. The van der Waals surface area contributed by atoms with Crippen LogP contribution in [0, 0.1) is 6.92 Å². The number of aromatic nitrogens is 1. The highest BCUT2D eigenvalue weighted by atomic mass is 79.9. The van der Waals surface area contributed by atoms with Gasteiger partial charge in [-0.25, -0.2) is 0 Å². The number of halogens is 1. The molecule has 0 bridgehead atoms. The average Bonchev–Trinajstić information content (AvgIpc) is 2.67. The third-order valence-corrected chi connectivity index (χ3v) is 4.74. The van der Waals surface area contributed by atoms with E-state index in [0.717, 1.165) is 15.7 Å². The van der Waals surface area contributed by atoms with E-state index in [1.807, 2.05) is 37.3 Å². The molecule has 0 fully saturated rings. The van der Waals surface area contributed by atoms with Crippen LogP contribution in [-0.4, -0.2) is 24.1 Å².